The number of nitrogens with one attached hydrogen (secondary N) is 2. The fourth-order valence-corrected chi connectivity index (χ4v) is 3.90. The van der Waals surface area contributed by atoms with Crippen LogP contribution in [0.3, 0.4) is 0 Å². The summed E-state index contributed by atoms with van der Waals surface area (Å²) in [5.74, 6) is 1.66. The maximum Gasteiger partial charge on any atom is 0.110 e. The molecule has 2 aromatic heterocycles. The van der Waals surface area contributed by atoms with Crippen LogP contribution in [0.5, 0.6) is 0 Å². The van der Waals surface area contributed by atoms with Crippen LogP contribution in [0.1, 0.15) is 24.6 Å². The molecule has 0 amide bonds. The first-order valence-electron chi connectivity index (χ1n) is 7.15. The molecule has 1 saturated heterocycles. The Balaban J connectivity index is 1.66. The van der Waals surface area contributed by atoms with Crippen LogP contribution in [0.15, 0.2) is 36.5 Å². The van der Waals surface area contributed by atoms with Gasteiger partial charge in [0.2, 0.25) is 0 Å². The summed E-state index contributed by atoms with van der Waals surface area (Å²) in [6.07, 6.45) is 4.45. The fraction of sp³-hybridized carbons (Fsp3) is 0.312. The van der Waals surface area contributed by atoms with Gasteiger partial charge >= 0.3 is 0 Å². The van der Waals surface area contributed by atoms with Crippen LogP contribution in [-0.2, 0) is 0 Å². The van der Waals surface area contributed by atoms with Gasteiger partial charge in [-0.15, -0.1) is 11.3 Å². The van der Waals surface area contributed by atoms with E-state index in [0.29, 0.717) is 5.92 Å². The maximum absolute atomic E-state index is 4.60. The van der Waals surface area contributed by atoms with E-state index in [-0.39, 0.29) is 0 Å². The lowest BCUT2D eigenvalue weighted by molar-refractivity contribution is 0.449. The number of aromatic amines is 1. The van der Waals surface area contributed by atoms with Crippen molar-refractivity contribution in [2.75, 3.05) is 13.1 Å². The quantitative estimate of drug-likeness (QED) is 0.752. The van der Waals surface area contributed by atoms with Gasteiger partial charge < -0.3 is 10.3 Å². The van der Waals surface area contributed by atoms with Crippen molar-refractivity contribution >= 4 is 21.4 Å². The third-order valence-electron chi connectivity index (χ3n) is 3.97. The van der Waals surface area contributed by atoms with E-state index in [9.17, 15) is 0 Å². The van der Waals surface area contributed by atoms with E-state index in [1.165, 1.54) is 27.8 Å². The minimum atomic E-state index is 0.534. The highest BCUT2D eigenvalue weighted by atomic mass is 32.1. The second kappa shape index (κ2) is 5.04. The number of aromatic nitrogens is 2. The molecule has 4 rings (SSSR count). The molecule has 4 heteroatoms. The Labute approximate surface area is 122 Å². The number of rotatable bonds is 2. The Kier molecular flexibility index (Phi) is 3.05. The van der Waals surface area contributed by atoms with Crippen LogP contribution in [0, 0.1) is 0 Å². The lowest BCUT2D eigenvalue weighted by atomic mass is 9.99. The summed E-state index contributed by atoms with van der Waals surface area (Å²) in [5, 5.41) is 4.75. The van der Waals surface area contributed by atoms with Crippen molar-refractivity contribution in [3.8, 4) is 10.6 Å². The molecule has 3 heterocycles. The minimum absolute atomic E-state index is 0.534. The summed E-state index contributed by atoms with van der Waals surface area (Å²) < 4.78 is 1.33. The lowest BCUT2D eigenvalue weighted by Gasteiger charge is -2.20. The predicted octanol–water partition coefficient (Wildman–Crippen LogP) is 3.76. The first kappa shape index (κ1) is 12.1. The molecule has 0 aliphatic carbocycles. The number of benzene rings is 1. The van der Waals surface area contributed by atoms with Crippen molar-refractivity contribution in [3.05, 3.63) is 42.4 Å². The molecule has 3 nitrogen and oxygen atoms in total. The maximum atomic E-state index is 4.60. The predicted molar refractivity (Wildman–Crippen MR) is 84.3 cm³/mol. The zero-order chi connectivity index (χ0) is 13.4. The van der Waals surface area contributed by atoms with Crippen LogP contribution in [0.2, 0.25) is 0 Å². The molecular weight excluding hydrogens is 266 g/mol. The van der Waals surface area contributed by atoms with E-state index in [1.807, 2.05) is 17.5 Å². The van der Waals surface area contributed by atoms with Crippen molar-refractivity contribution in [1.29, 1.82) is 0 Å². The second-order valence-electron chi connectivity index (χ2n) is 5.37. The van der Waals surface area contributed by atoms with Gasteiger partial charge in [0, 0.05) is 17.2 Å². The van der Waals surface area contributed by atoms with Crippen LogP contribution >= 0.6 is 11.3 Å². The summed E-state index contributed by atoms with van der Waals surface area (Å²) in [6.45, 7) is 2.18. The van der Waals surface area contributed by atoms with Gasteiger partial charge in [-0.05, 0) is 36.9 Å². The van der Waals surface area contributed by atoms with E-state index in [1.54, 1.807) is 0 Å². The summed E-state index contributed by atoms with van der Waals surface area (Å²) in [5.41, 5.74) is 1.15. The SMILES string of the molecule is c1ccc2sc(-c3cnc(C4CCCNC4)[nH]3)cc2c1. The van der Waals surface area contributed by atoms with Gasteiger partial charge in [-0.1, -0.05) is 18.2 Å². The molecule has 1 atom stereocenters. The van der Waals surface area contributed by atoms with Gasteiger partial charge in [-0.25, -0.2) is 4.98 Å². The molecule has 20 heavy (non-hydrogen) atoms. The molecule has 2 N–H and O–H groups in total. The molecule has 1 aliphatic heterocycles. The van der Waals surface area contributed by atoms with Crippen molar-refractivity contribution in [2.24, 2.45) is 0 Å². The molecule has 1 fully saturated rings. The first-order valence-corrected chi connectivity index (χ1v) is 7.96. The van der Waals surface area contributed by atoms with E-state index in [0.717, 1.165) is 24.6 Å². The summed E-state index contributed by atoms with van der Waals surface area (Å²) in [6, 6.07) is 10.8. The summed E-state index contributed by atoms with van der Waals surface area (Å²) >= 11 is 1.82. The standard InChI is InChI=1S/C16H17N3S/c1-2-6-14-11(4-1)8-15(20-14)13-10-18-16(19-13)12-5-3-7-17-9-12/h1-2,4,6,8,10,12,17H,3,5,7,9H2,(H,18,19). The summed E-state index contributed by atoms with van der Waals surface area (Å²) in [7, 11) is 0. The molecule has 1 unspecified atom stereocenters. The van der Waals surface area contributed by atoms with E-state index in [2.05, 4.69) is 45.6 Å². The number of imidazole rings is 1. The largest absolute Gasteiger partial charge is 0.341 e. The second-order valence-corrected chi connectivity index (χ2v) is 6.46. The van der Waals surface area contributed by atoms with Crippen molar-refractivity contribution in [2.45, 2.75) is 18.8 Å². The van der Waals surface area contributed by atoms with Crippen LogP contribution in [-0.4, -0.2) is 23.1 Å². The van der Waals surface area contributed by atoms with Crippen molar-refractivity contribution in [3.63, 3.8) is 0 Å². The molecule has 1 aromatic carbocycles. The van der Waals surface area contributed by atoms with Gasteiger partial charge in [0.1, 0.15) is 5.82 Å². The fourth-order valence-electron chi connectivity index (χ4n) is 2.87. The van der Waals surface area contributed by atoms with Gasteiger partial charge in [-0.2, -0.15) is 0 Å². The molecule has 0 bridgehead atoms. The highest BCUT2D eigenvalue weighted by molar-refractivity contribution is 7.22. The molecule has 0 spiro atoms. The minimum Gasteiger partial charge on any atom is -0.341 e. The van der Waals surface area contributed by atoms with Gasteiger partial charge in [0.25, 0.3) is 0 Å². The third kappa shape index (κ3) is 2.15. The van der Waals surface area contributed by atoms with Crippen molar-refractivity contribution < 1.29 is 0 Å². The van der Waals surface area contributed by atoms with Gasteiger partial charge in [0.05, 0.1) is 16.8 Å². The molecule has 3 aromatic rings. The smallest absolute Gasteiger partial charge is 0.110 e. The number of thiophene rings is 1. The van der Waals surface area contributed by atoms with E-state index >= 15 is 0 Å². The first-order chi connectivity index (χ1) is 9.90. The normalized spacial score (nSPS) is 19.5. The zero-order valence-corrected chi connectivity index (χ0v) is 12.0. The molecular formula is C16H17N3S. The molecule has 102 valence electrons. The topological polar surface area (TPSA) is 40.7 Å². The van der Waals surface area contributed by atoms with Crippen LogP contribution < -0.4 is 5.32 Å². The number of nitrogens with zero attached hydrogens (tertiary/aromatic N) is 1. The number of piperidine rings is 1. The van der Waals surface area contributed by atoms with Crippen LogP contribution in [0.4, 0.5) is 0 Å². The summed E-state index contributed by atoms with van der Waals surface area (Å²) in [4.78, 5) is 9.39. The average Bonchev–Trinajstić information content (AvgIpc) is 3.14. The Bertz CT molecular complexity index is 689. The number of hydrogen-bond donors (Lipinski definition) is 2. The Morgan fingerprint density at radius 2 is 2.20 bits per heavy atom. The Morgan fingerprint density at radius 3 is 3.05 bits per heavy atom. The van der Waals surface area contributed by atoms with Gasteiger partial charge in [0.15, 0.2) is 0 Å². The highest BCUT2D eigenvalue weighted by Gasteiger charge is 2.18. The zero-order valence-electron chi connectivity index (χ0n) is 11.2. The number of H-pyrrole nitrogens is 1. The monoisotopic (exact) mass is 283 g/mol. The third-order valence-corrected chi connectivity index (χ3v) is 5.12. The average molecular weight is 283 g/mol. The lowest BCUT2D eigenvalue weighted by Crippen LogP contribution is -2.28. The Hall–Kier alpha value is -1.65. The highest BCUT2D eigenvalue weighted by Crippen LogP contribution is 2.33. The van der Waals surface area contributed by atoms with Crippen LogP contribution in [0.25, 0.3) is 20.7 Å². The van der Waals surface area contributed by atoms with E-state index in [4.69, 9.17) is 0 Å². The number of hydrogen-bond acceptors (Lipinski definition) is 3. The number of fused-ring (bicyclic) bond motifs is 1. The van der Waals surface area contributed by atoms with E-state index < -0.39 is 0 Å². The van der Waals surface area contributed by atoms with Gasteiger partial charge in [-0.3, -0.25) is 0 Å². The van der Waals surface area contributed by atoms with Crippen molar-refractivity contribution in [1.82, 2.24) is 15.3 Å². The molecule has 0 radical (unpaired) electrons. The molecule has 0 saturated carbocycles. The Morgan fingerprint density at radius 1 is 1.25 bits per heavy atom. The molecule has 1 aliphatic rings.